The highest BCUT2D eigenvalue weighted by Gasteiger charge is 2.15. The van der Waals surface area contributed by atoms with Gasteiger partial charge in [-0.05, 0) is 12.8 Å². The van der Waals surface area contributed by atoms with Crippen LogP contribution in [0.5, 0.6) is 0 Å². The van der Waals surface area contributed by atoms with Crippen molar-refractivity contribution in [1.82, 2.24) is 0 Å². The second-order valence-corrected chi connectivity index (χ2v) is 6.34. The lowest BCUT2D eigenvalue weighted by Crippen LogP contribution is -2.18. The molecule has 0 aromatic carbocycles. The van der Waals surface area contributed by atoms with Gasteiger partial charge in [-0.2, -0.15) is 0 Å². The maximum absolute atomic E-state index is 11.4. The molecule has 0 aromatic rings. The first-order chi connectivity index (χ1) is 11.6. The molecule has 5 heteroatoms. The van der Waals surface area contributed by atoms with Crippen molar-refractivity contribution in [2.45, 2.75) is 96.8 Å². The summed E-state index contributed by atoms with van der Waals surface area (Å²) < 4.78 is 4.91. The Hall–Kier alpha value is -1.39. The third-order valence-corrected chi connectivity index (χ3v) is 4.00. The van der Waals surface area contributed by atoms with E-state index in [1.54, 1.807) is 0 Å². The fraction of sp³-hybridized carbons (Fsp3) is 0.842. The van der Waals surface area contributed by atoms with Gasteiger partial charge < -0.3 is 9.84 Å². The Labute approximate surface area is 146 Å². The van der Waals surface area contributed by atoms with E-state index >= 15 is 0 Å². The molecule has 5 nitrogen and oxygen atoms in total. The Bertz CT molecular complexity index is 352. The van der Waals surface area contributed by atoms with Crippen LogP contribution in [0.25, 0.3) is 0 Å². The van der Waals surface area contributed by atoms with Crippen molar-refractivity contribution in [2.75, 3.05) is 6.61 Å². The molecule has 0 heterocycles. The maximum atomic E-state index is 11.4. The van der Waals surface area contributed by atoms with Crippen LogP contribution in [0, 0.1) is 0 Å². The fourth-order valence-corrected chi connectivity index (χ4v) is 2.51. The lowest BCUT2D eigenvalue weighted by molar-refractivity contribution is -0.154. The van der Waals surface area contributed by atoms with E-state index in [9.17, 15) is 14.4 Å². The summed E-state index contributed by atoms with van der Waals surface area (Å²) in [6, 6.07) is 0. The zero-order chi connectivity index (χ0) is 18.0. The lowest BCUT2D eigenvalue weighted by atomic mass is 10.1. The summed E-state index contributed by atoms with van der Waals surface area (Å²) in [5, 5.41) is 8.46. The van der Waals surface area contributed by atoms with E-state index in [-0.39, 0.29) is 25.9 Å². The summed E-state index contributed by atoms with van der Waals surface area (Å²) in [4.78, 5) is 33.1. The average molecular weight is 342 g/mol. The average Bonchev–Trinajstić information content (AvgIpc) is 2.55. The van der Waals surface area contributed by atoms with Crippen LogP contribution in [-0.2, 0) is 19.1 Å². The van der Waals surface area contributed by atoms with Crippen molar-refractivity contribution < 1.29 is 24.2 Å². The molecule has 0 unspecified atom stereocenters. The second kappa shape index (κ2) is 16.5. The third kappa shape index (κ3) is 15.5. The first-order valence-electron chi connectivity index (χ1n) is 9.49. The number of carboxylic acids is 1. The van der Waals surface area contributed by atoms with Crippen molar-refractivity contribution in [3.05, 3.63) is 0 Å². The monoisotopic (exact) mass is 342 g/mol. The van der Waals surface area contributed by atoms with E-state index in [2.05, 4.69) is 6.92 Å². The quantitative estimate of drug-likeness (QED) is 0.236. The Kier molecular flexibility index (Phi) is 15.5. The summed E-state index contributed by atoms with van der Waals surface area (Å²) in [5.74, 6) is -2.41. The van der Waals surface area contributed by atoms with Gasteiger partial charge in [0.2, 0.25) is 5.78 Å². The highest BCUT2D eigenvalue weighted by atomic mass is 16.5. The topological polar surface area (TPSA) is 80.7 Å². The molecule has 0 radical (unpaired) electrons. The van der Waals surface area contributed by atoms with Crippen LogP contribution in [0.2, 0.25) is 0 Å². The van der Waals surface area contributed by atoms with Gasteiger partial charge in [-0.25, -0.2) is 4.79 Å². The van der Waals surface area contributed by atoms with Crippen LogP contribution in [0.3, 0.4) is 0 Å². The number of ketones is 1. The van der Waals surface area contributed by atoms with Gasteiger partial charge in [0, 0.05) is 12.8 Å². The van der Waals surface area contributed by atoms with Crippen molar-refractivity contribution >= 4 is 17.7 Å². The highest BCUT2D eigenvalue weighted by Crippen LogP contribution is 2.11. The molecule has 140 valence electrons. The second-order valence-electron chi connectivity index (χ2n) is 6.34. The maximum Gasteiger partial charge on any atom is 0.374 e. The minimum absolute atomic E-state index is 0.0522. The van der Waals surface area contributed by atoms with E-state index in [0.29, 0.717) is 0 Å². The van der Waals surface area contributed by atoms with Crippen molar-refractivity contribution in [1.29, 1.82) is 0 Å². The van der Waals surface area contributed by atoms with Gasteiger partial charge in [0.1, 0.15) is 0 Å². The zero-order valence-electron chi connectivity index (χ0n) is 15.2. The van der Waals surface area contributed by atoms with Gasteiger partial charge in [0.05, 0.1) is 6.61 Å². The van der Waals surface area contributed by atoms with Crippen LogP contribution < -0.4 is 0 Å². The van der Waals surface area contributed by atoms with Crippen LogP contribution in [0.1, 0.15) is 96.8 Å². The molecule has 0 amide bonds. The molecule has 0 aliphatic carbocycles. The molecular weight excluding hydrogens is 308 g/mol. The van der Waals surface area contributed by atoms with Crippen molar-refractivity contribution in [3.8, 4) is 0 Å². The number of Topliss-reactive ketones (excluding diaryl/α,β-unsaturated/α-hetero) is 1. The summed E-state index contributed by atoms with van der Waals surface area (Å²) in [6.45, 7) is 2.51. The van der Waals surface area contributed by atoms with E-state index in [0.717, 1.165) is 19.3 Å². The lowest BCUT2D eigenvalue weighted by Gasteiger charge is -2.04. The summed E-state index contributed by atoms with van der Waals surface area (Å²) in [6.07, 6.45) is 13.4. The molecule has 0 aliphatic heterocycles. The van der Waals surface area contributed by atoms with Crippen molar-refractivity contribution in [3.63, 3.8) is 0 Å². The highest BCUT2D eigenvalue weighted by molar-refractivity contribution is 6.33. The summed E-state index contributed by atoms with van der Waals surface area (Å²) in [5.41, 5.74) is 0. The molecule has 24 heavy (non-hydrogen) atoms. The number of rotatable bonds is 17. The number of esters is 1. The van der Waals surface area contributed by atoms with Crippen LogP contribution in [-0.4, -0.2) is 29.4 Å². The Morgan fingerprint density at radius 3 is 1.71 bits per heavy atom. The normalized spacial score (nSPS) is 10.5. The molecule has 1 N–H and O–H groups in total. The van der Waals surface area contributed by atoms with E-state index in [4.69, 9.17) is 9.84 Å². The summed E-state index contributed by atoms with van der Waals surface area (Å²) in [7, 11) is 0. The van der Waals surface area contributed by atoms with Gasteiger partial charge in [0.25, 0.3) is 0 Å². The first kappa shape index (κ1) is 22.6. The molecule has 0 saturated heterocycles. The molecule has 0 aromatic heterocycles. The minimum atomic E-state index is -0.961. The van der Waals surface area contributed by atoms with E-state index in [1.807, 2.05) is 0 Å². The van der Waals surface area contributed by atoms with Crippen molar-refractivity contribution in [2.24, 2.45) is 0 Å². The van der Waals surface area contributed by atoms with Gasteiger partial charge in [-0.1, -0.05) is 71.1 Å². The Balaban J connectivity index is 3.32. The SMILES string of the molecule is CCCCCCCCCCCCCOC(=O)C(=O)CCCC(=O)O. The molecule has 0 spiro atoms. The van der Waals surface area contributed by atoms with E-state index in [1.165, 1.54) is 51.4 Å². The molecule has 0 bridgehead atoms. The standard InChI is InChI=1S/C19H34O5/c1-2-3-4-5-6-7-8-9-10-11-12-16-24-19(23)17(20)14-13-15-18(21)22/h2-16H2,1H3,(H,21,22). The largest absolute Gasteiger partial charge is 0.481 e. The van der Waals surface area contributed by atoms with E-state index < -0.39 is 17.7 Å². The zero-order valence-corrected chi connectivity index (χ0v) is 15.2. The number of unbranched alkanes of at least 4 members (excludes halogenated alkanes) is 10. The van der Waals surface area contributed by atoms with Gasteiger partial charge in [-0.3, -0.25) is 9.59 Å². The number of hydrogen-bond acceptors (Lipinski definition) is 4. The first-order valence-corrected chi connectivity index (χ1v) is 9.49. The Morgan fingerprint density at radius 2 is 1.21 bits per heavy atom. The van der Waals surface area contributed by atoms with Gasteiger partial charge in [-0.15, -0.1) is 0 Å². The summed E-state index contributed by atoms with van der Waals surface area (Å²) >= 11 is 0. The van der Waals surface area contributed by atoms with Gasteiger partial charge in [0.15, 0.2) is 0 Å². The van der Waals surface area contributed by atoms with Crippen LogP contribution in [0.15, 0.2) is 0 Å². The molecule has 0 fully saturated rings. The number of carboxylic acid groups (broad SMARTS) is 1. The number of hydrogen-bond donors (Lipinski definition) is 1. The predicted molar refractivity (Wildman–Crippen MR) is 93.9 cm³/mol. The molecular formula is C19H34O5. The smallest absolute Gasteiger partial charge is 0.374 e. The predicted octanol–water partition coefficient (Wildman–Crippen LogP) is 4.66. The van der Waals surface area contributed by atoms with Crippen LogP contribution >= 0.6 is 0 Å². The molecule has 0 rings (SSSR count). The van der Waals surface area contributed by atoms with Crippen LogP contribution in [0.4, 0.5) is 0 Å². The molecule has 0 atom stereocenters. The Morgan fingerprint density at radius 1 is 0.708 bits per heavy atom. The number of ether oxygens (including phenoxy) is 1. The fourth-order valence-electron chi connectivity index (χ4n) is 2.51. The number of carbonyl (C=O) groups excluding carboxylic acids is 2. The van der Waals surface area contributed by atoms with Gasteiger partial charge >= 0.3 is 11.9 Å². The third-order valence-electron chi connectivity index (χ3n) is 4.00. The number of aliphatic carboxylic acids is 1. The molecule has 0 aliphatic rings. The molecule has 0 saturated carbocycles. The number of carbonyl (C=O) groups is 3. The minimum Gasteiger partial charge on any atom is -0.481 e.